The molecule has 31 heavy (non-hydrogen) atoms. The van der Waals surface area contributed by atoms with Crippen LogP contribution in [0.4, 0.5) is 11.4 Å². The normalized spacial score (nSPS) is 11.4. The lowest BCUT2D eigenvalue weighted by atomic mass is 10.2. The molecule has 1 aromatic heterocycles. The van der Waals surface area contributed by atoms with Gasteiger partial charge >= 0.3 is 5.56 Å². The van der Waals surface area contributed by atoms with Crippen molar-refractivity contribution in [1.29, 1.82) is 0 Å². The molecule has 4 aromatic rings. The fraction of sp³-hybridized carbons (Fsp3) is 0.130. The standard InChI is InChI=1S/C23H22N5O3/c1-16-24-22-7-5-4-6-21(22)23(29)27(16)26-28(18-10-14-20(31-3)15-11-18)25-17-8-12-19(30-2)13-9-17/h4-15H,1-3H3,(H,25,26)/q+1. The van der Waals surface area contributed by atoms with E-state index in [0.717, 1.165) is 5.75 Å². The molecule has 8 nitrogen and oxygen atoms in total. The fourth-order valence-corrected chi connectivity index (χ4v) is 3.08. The largest absolute Gasteiger partial charge is 0.497 e. The molecular formula is C23H22N5O3+. The van der Waals surface area contributed by atoms with Gasteiger partial charge in [0.15, 0.2) is 5.69 Å². The number of nitrogens with zero attached hydrogens (tertiary/aromatic N) is 4. The average molecular weight is 416 g/mol. The number of nitrogens with one attached hydrogen (secondary N) is 1. The summed E-state index contributed by atoms with van der Waals surface area (Å²) in [6, 6.07) is 21.8. The molecule has 0 bridgehead atoms. The van der Waals surface area contributed by atoms with Crippen LogP contribution in [-0.4, -0.2) is 28.7 Å². The Bertz CT molecular complexity index is 1300. The Morgan fingerprint density at radius 2 is 1.52 bits per heavy atom. The molecule has 0 aliphatic rings. The van der Waals surface area contributed by atoms with Gasteiger partial charge in [-0.25, -0.2) is 9.78 Å². The monoisotopic (exact) mass is 416 g/mol. The molecule has 0 spiro atoms. The van der Waals surface area contributed by atoms with Crippen LogP contribution in [0.1, 0.15) is 5.82 Å². The Hall–Kier alpha value is -4.20. The number of ether oxygens (including phenoxy) is 2. The van der Waals surface area contributed by atoms with Gasteiger partial charge in [-0.1, -0.05) is 27.5 Å². The van der Waals surface area contributed by atoms with E-state index in [1.54, 1.807) is 27.2 Å². The molecule has 156 valence electrons. The molecule has 0 atom stereocenters. The van der Waals surface area contributed by atoms with Crippen molar-refractivity contribution >= 4 is 22.3 Å². The fourth-order valence-electron chi connectivity index (χ4n) is 3.08. The minimum atomic E-state index is -0.216. The molecule has 4 rings (SSSR count). The highest BCUT2D eigenvalue weighted by Gasteiger charge is 2.17. The van der Waals surface area contributed by atoms with Crippen molar-refractivity contribution in [2.45, 2.75) is 6.92 Å². The number of fused-ring (bicyclic) bond motifs is 1. The van der Waals surface area contributed by atoms with Gasteiger partial charge in [0, 0.05) is 6.92 Å². The van der Waals surface area contributed by atoms with E-state index in [0.29, 0.717) is 33.9 Å². The van der Waals surface area contributed by atoms with Crippen molar-refractivity contribution in [3.8, 4) is 11.5 Å². The minimum absolute atomic E-state index is 0.216. The maximum Gasteiger partial charge on any atom is 0.367 e. The van der Waals surface area contributed by atoms with E-state index in [9.17, 15) is 4.79 Å². The van der Waals surface area contributed by atoms with Crippen molar-refractivity contribution in [2.75, 3.05) is 19.8 Å². The minimum Gasteiger partial charge on any atom is -0.497 e. The second kappa shape index (κ2) is 8.66. The summed E-state index contributed by atoms with van der Waals surface area (Å²) < 4.78 is 11.8. The molecule has 8 heteroatoms. The van der Waals surface area contributed by atoms with E-state index >= 15 is 0 Å². The van der Waals surface area contributed by atoms with Crippen LogP contribution in [0.15, 0.2) is 82.7 Å². The van der Waals surface area contributed by atoms with Crippen LogP contribution in [0.25, 0.3) is 10.9 Å². The molecule has 0 radical (unpaired) electrons. The maximum atomic E-state index is 13.1. The second-order valence-corrected chi connectivity index (χ2v) is 6.72. The van der Waals surface area contributed by atoms with Crippen LogP contribution in [0.2, 0.25) is 0 Å². The molecule has 1 N–H and O–H groups in total. The highest BCUT2D eigenvalue weighted by molar-refractivity contribution is 5.77. The molecule has 0 fully saturated rings. The van der Waals surface area contributed by atoms with Crippen LogP contribution in [0, 0.1) is 6.92 Å². The van der Waals surface area contributed by atoms with Crippen molar-refractivity contribution < 1.29 is 14.3 Å². The lowest BCUT2D eigenvalue weighted by molar-refractivity contribution is -0.491. The van der Waals surface area contributed by atoms with Crippen LogP contribution in [0.3, 0.4) is 0 Å². The molecule has 0 aliphatic heterocycles. The number of rotatable bonds is 6. The van der Waals surface area contributed by atoms with E-state index in [-0.39, 0.29) is 5.56 Å². The average Bonchev–Trinajstić information content (AvgIpc) is 2.81. The van der Waals surface area contributed by atoms with Gasteiger partial charge in [0.25, 0.3) is 0 Å². The first kappa shape index (κ1) is 20.1. The Balaban J connectivity index is 1.81. The Morgan fingerprint density at radius 1 is 0.903 bits per heavy atom. The highest BCUT2D eigenvalue weighted by Crippen LogP contribution is 2.22. The first-order valence-corrected chi connectivity index (χ1v) is 9.64. The summed E-state index contributed by atoms with van der Waals surface area (Å²) in [6.07, 6.45) is 0. The van der Waals surface area contributed by atoms with Gasteiger partial charge in [0.2, 0.25) is 5.82 Å². The zero-order valence-electron chi connectivity index (χ0n) is 17.4. The Kier molecular flexibility index (Phi) is 5.61. The SMILES string of the molecule is COc1ccc(N=[N+](Nn2c(C)nc3ccccc3c2=O)c2ccc(OC)cc2)cc1. The predicted octanol–water partition coefficient (Wildman–Crippen LogP) is 4.31. The highest BCUT2D eigenvalue weighted by atomic mass is 16.5. The van der Waals surface area contributed by atoms with Crippen LogP contribution < -0.4 is 20.6 Å². The molecule has 0 saturated heterocycles. The smallest absolute Gasteiger partial charge is 0.367 e. The number of benzene rings is 3. The summed E-state index contributed by atoms with van der Waals surface area (Å²) in [5.74, 6) is 1.95. The summed E-state index contributed by atoms with van der Waals surface area (Å²) in [4.78, 5) is 19.2. The maximum absolute atomic E-state index is 13.1. The Morgan fingerprint density at radius 3 is 2.16 bits per heavy atom. The van der Waals surface area contributed by atoms with Crippen molar-refractivity contribution in [3.63, 3.8) is 0 Å². The van der Waals surface area contributed by atoms with Gasteiger partial charge < -0.3 is 9.47 Å². The number of hydrogen-bond donors (Lipinski definition) is 1. The quantitative estimate of drug-likeness (QED) is 0.288. The number of hydrogen-bond acceptors (Lipinski definition) is 5. The van der Waals surface area contributed by atoms with Crippen LogP contribution >= 0.6 is 0 Å². The summed E-state index contributed by atoms with van der Waals surface area (Å²) >= 11 is 0. The number of azo groups is 1. The van der Waals surface area contributed by atoms with E-state index in [1.807, 2.05) is 66.7 Å². The second-order valence-electron chi connectivity index (χ2n) is 6.72. The van der Waals surface area contributed by atoms with Gasteiger partial charge in [-0.2, -0.15) is 0 Å². The van der Waals surface area contributed by atoms with E-state index in [2.05, 4.69) is 15.6 Å². The molecule has 0 amide bonds. The predicted molar refractivity (Wildman–Crippen MR) is 118 cm³/mol. The number of para-hydroxylation sites is 1. The van der Waals surface area contributed by atoms with E-state index < -0.39 is 0 Å². The topological polar surface area (TPSA) is 80.8 Å². The first-order chi connectivity index (χ1) is 15.1. The Labute approximate surface area is 179 Å². The van der Waals surface area contributed by atoms with Gasteiger partial charge in [0.1, 0.15) is 17.2 Å². The van der Waals surface area contributed by atoms with Gasteiger partial charge in [0.05, 0.1) is 25.1 Å². The van der Waals surface area contributed by atoms with Crippen LogP contribution in [-0.2, 0) is 0 Å². The lowest BCUT2D eigenvalue weighted by Crippen LogP contribution is -2.35. The number of hydrazine groups is 1. The first-order valence-electron chi connectivity index (χ1n) is 9.64. The summed E-state index contributed by atoms with van der Waals surface area (Å²) in [5, 5.41) is 5.17. The zero-order chi connectivity index (χ0) is 21.8. The van der Waals surface area contributed by atoms with E-state index in [4.69, 9.17) is 9.47 Å². The third-order valence-electron chi connectivity index (χ3n) is 4.74. The third-order valence-corrected chi connectivity index (χ3v) is 4.74. The molecule has 0 aliphatic carbocycles. The summed E-state index contributed by atoms with van der Waals surface area (Å²) in [5.41, 5.74) is 4.88. The third kappa shape index (κ3) is 4.23. The van der Waals surface area contributed by atoms with E-state index in [1.165, 1.54) is 9.48 Å². The van der Waals surface area contributed by atoms with Gasteiger partial charge in [-0.05, 0) is 65.5 Å². The number of aromatic nitrogens is 2. The summed E-state index contributed by atoms with van der Waals surface area (Å²) in [6.45, 7) is 1.76. The van der Waals surface area contributed by atoms with Gasteiger partial charge in [-0.15, -0.1) is 0 Å². The number of aryl methyl sites for hydroxylation is 1. The zero-order valence-corrected chi connectivity index (χ0v) is 17.4. The van der Waals surface area contributed by atoms with Gasteiger partial charge in [-0.3, -0.25) is 0 Å². The van der Waals surface area contributed by atoms with Crippen LogP contribution in [0.5, 0.6) is 11.5 Å². The van der Waals surface area contributed by atoms with Crippen molar-refractivity contribution in [3.05, 3.63) is 89.0 Å². The van der Waals surface area contributed by atoms with Crippen molar-refractivity contribution in [1.82, 2.24) is 9.66 Å². The lowest BCUT2D eigenvalue weighted by Gasteiger charge is -2.09. The molecule has 0 unspecified atom stereocenters. The molecule has 3 aromatic carbocycles. The van der Waals surface area contributed by atoms with Crippen molar-refractivity contribution in [2.24, 2.45) is 5.11 Å². The molecular weight excluding hydrogens is 394 g/mol. The molecule has 1 heterocycles. The summed E-state index contributed by atoms with van der Waals surface area (Å²) in [7, 11) is 3.22. The molecule has 0 saturated carbocycles. The number of methoxy groups -OCH3 is 2.